The maximum absolute atomic E-state index is 13.1. The maximum Gasteiger partial charge on any atom is 0.407 e. The molecule has 1 N–H and O–H groups in total. The molecule has 0 radical (unpaired) electrons. The molecule has 3 amide bonds. The normalized spacial score (nSPS) is 21.1. The summed E-state index contributed by atoms with van der Waals surface area (Å²) < 4.78 is 24.1. The van der Waals surface area contributed by atoms with Crippen LogP contribution < -0.4 is 5.32 Å². The van der Waals surface area contributed by atoms with Gasteiger partial charge in [-0.15, -0.1) is 0 Å². The molecule has 9 heteroatoms. The fourth-order valence-electron chi connectivity index (χ4n) is 3.45. The lowest BCUT2D eigenvalue weighted by Gasteiger charge is -2.36. The fraction of sp³-hybridized carbons (Fsp3) is 0.391. The first-order valence-electron chi connectivity index (χ1n) is 10.2. The van der Waals surface area contributed by atoms with Gasteiger partial charge in [-0.05, 0) is 45.7 Å². The SMILES string of the molecule is C=N/C(OC1CC(NC(=O)OC(C)(C)C)C1)=C(\C=C\F)CN1C(=O)c2ccccc2C1=O. The summed E-state index contributed by atoms with van der Waals surface area (Å²) in [4.78, 5) is 41.9. The van der Waals surface area contributed by atoms with E-state index in [4.69, 9.17) is 9.47 Å². The Morgan fingerprint density at radius 2 is 1.84 bits per heavy atom. The van der Waals surface area contributed by atoms with Crippen molar-refractivity contribution in [2.45, 2.75) is 51.4 Å². The number of nitrogens with one attached hydrogen (secondary N) is 1. The lowest BCUT2D eigenvalue weighted by atomic mass is 9.89. The Bertz CT molecular complexity index is 955. The van der Waals surface area contributed by atoms with Gasteiger partial charge in [-0.2, -0.15) is 0 Å². The minimum Gasteiger partial charge on any atom is -0.474 e. The van der Waals surface area contributed by atoms with Crippen molar-refractivity contribution in [2.75, 3.05) is 6.54 Å². The molecule has 0 spiro atoms. The molecule has 170 valence electrons. The monoisotopic (exact) mass is 443 g/mol. The van der Waals surface area contributed by atoms with Crippen LogP contribution >= 0.6 is 0 Å². The molecular formula is C23H26FN3O5. The first kappa shape index (κ1) is 23.2. The highest BCUT2D eigenvalue weighted by molar-refractivity contribution is 6.21. The molecular weight excluding hydrogens is 417 g/mol. The van der Waals surface area contributed by atoms with E-state index in [9.17, 15) is 18.8 Å². The van der Waals surface area contributed by atoms with Crippen molar-refractivity contribution in [2.24, 2.45) is 4.99 Å². The predicted octanol–water partition coefficient (Wildman–Crippen LogP) is 3.75. The van der Waals surface area contributed by atoms with E-state index < -0.39 is 23.5 Å². The number of amides is 3. The summed E-state index contributed by atoms with van der Waals surface area (Å²) in [5.41, 5.74) is 0.195. The number of benzene rings is 1. The smallest absolute Gasteiger partial charge is 0.407 e. The summed E-state index contributed by atoms with van der Waals surface area (Å²) in [6.45, 7) is 8.59. The van der Waals surface area contributed by atoms with Crippen molar-refractivity contribution in [3.8, 4) is 0 Å². The van der Waals surface area contributed by atoms with Gasteiger partial charge in [0.1, 0.15) is 11.7 Å². The molecule has 3 rings (SSSR count). The second-order valence-electron chi connectivity index (χ2n) is 8.58. The van der Waals surface area contributed by atoms with Crippen LogP contribution in [0.5, 0.6) is 0 Å². The standard InChI is InChI=1S/C23H26FN3O5/c1-23(2,3)32-22(30)26-15-11-16(12-15)31-19(25-4)14(9-10-24)13-27-20(28)17-7-5-6-8-18(17)21(27)29/h5-10,15-16H,4,11-13H2,1-3H3,(H,26,30)/b10-9+,19-14-. The van der Waals surface area contributed by atoms with E-state index in [-0.39, 0.29) is 36.5 Å². The number of carbonyl (C=O) groups excluding carboxylic acids is 3. The fourth-order valence-corrected chi connectivity index (χ4v) is 3.45. The largest absolute Gasteiger partial charge is 0.474 e. The number of ether oxygens (including phenoxy) is 2. The lowest BCUT2D eigenvalue weighted by molar-refractivity contribution is 0.0129. The number of nitrogens with zero attached hydrogens (tertiary/aromatic N) is 2. The van der Waals surface area contributed by atoms with E-state index in [0.29, 0.717) is 24.0 Å². The number of hydrogen-bond acceptors (Lipinski definition) is 6. The molecule has 1 fully saturated rings. The molecule has 0 aromatic heterocycles. The highest BCUT2D eigenvalue weighted by Gasteiger charge is 2.37. The van der Waals surface area contributed by atoms with Crippen molar-refractivity contribution >= 4 is 24.6 Å². The summed E-state index contributed by atoms with van der Waals surface area (Å²) >= 11 is 0. The molecule has 1 aliphatic heterocycles. The van der Waals surface area contributed by atoms with E-state index >= 15 is 0 Å². The molecule has 0 bridgehead atoms. The summed E-state index contributed by atoms with van der Waals surface area (Å²) in [5.74, 6) is -0.913. The van der Waals surface area contributed by atoms with Crippen molar-refractivity contribution in [1.82, 2.24) is 10.2 Å². The first-order valence-corrected chi connectivity index (χ1v) is 10.2. The van der Waals surface area contributed by atoms with Crippen molar-refractivity contribution in [3.63, 3.8) is 0 Å². The van der Waals surface area contributed by atoms with Gasteiger partial charge in [0.05, 0.1) is 24.0 Å². The van der Waals surface area contributed by atoms with Crippen LogP contribution in [0.15, 0.2) is 53.1 Å². The van der Waals surface area contributed by atoms with Crippen molar-refractivity contribution < 1.29 is 28.2 Å². The van der Waals surface area contributed by atoms with E-state index in [1.165, 1.54) is 0 Å². The second-order valence-corrected chi connectivity index (χ2v) is 8.58. The zero-order valence-corrected chi connectivity index (χ0v) is 18.3. The molecule has 1 aliphatic carbocycles. The van der Waals surface area contributed by atoms with Crippen molar-refractivity contribution in [1.29, 1.82) is 0 Å². The van der Waals surface area contributed by atoms with Gasteiger partial charge in [-0.3, -0.25) is 14.5 Å². The van der Waals surface area contributed by atoms with E-state index in [1.54, 1.807) is 45.0 Å². The van der Waals surface area contributed by atoms with Crippen LogP contribution in [-0.4, -0.2) is 53.8 Å². The van der Waals surface area contributed by atoms with Crippen LogP contribution in [0.3, 0.4) is 0 Å². The Hall–Kier alpha value is -3.49. The molecule has 0 atom stereocenters. The van der Waals surface area contributed by atoms with Gasteiger partial charge in [0.2, 0.25) is 5.88 Å². The number of aliphatic imine (C=N–C) groups is 1. The third-order valence-corrected chi connectivity index (χ3v) is 4.98. The Kier molecular flexibility index (Phi) is 6.76. The molecule has 2 aliphatic rings. The van der Waals surface area contributed by atoms with E-state index in [1.807, 2.05) is 0 Å². The first-order chi connectivity index (χ1) is 15.1. The van der Waals surface area contributed by atoms with Crippen LogP contribution in [0, 0.1) is 0 Å². The summed E-state index contributed by atoms with van der Waals surface area (Å²) in [5, 5.41) is 2.75. The molecule has 1 aromatic rings. The third kappa shape index (κ3) is 5.22. The van der Waals surface area contributed by atoms with Crippen LogP contribution in [0.2, 0.25) is 0 Å². The number of rotatable bonds is 7. The number of halogens is 1. The van der Waals surface area contributed by atoms with Gasteiger partial charge < -0.3 is 14.8 Å². The summed E-state index contributed by atoms with van der Waals surface area (Å²) in [7, 11) is 0. The average molecular weight is 443 g/mol. The lowest BCUT2D eigenvalue weighted by Crippen LogP contribution is -2.49. The van der Waals surface area contributed by atoms with Crippen LogP contribution in [-0.2, 0) is 9.47 Å². The van der Waals surface area contributed by atoms with Crippen LogP contribution in [0.4, 0.5) is 9.18 Å². The number of carbonyl (C=O) groups is 3. The number of alkyl carbamates (subject to hydrolysis) is 1. The number of imide groups is 1. The number of hydrogen-bond donors (Lipinski definition) is 1. The van der Waals surface area contributed by atoms with Gasteiger partial charge >= 0.3 is 6.09 Å². The summed E-state index contributed by atoms with van der Waals surface area (Å²) in [6.07, 6.45) is 1.57. The Morgan fingerprint density at radius 1 is 1.25 bits per heavy atom. The third-order valence-electron chi connectivity index (χ3n) is 4.98. The highest BCUT2D eigenvalue weighted by atomic mass is 19.1. The van der Waals surface area contributed by atoms with Gasteiger partial charge in [0, 0.05) is 24.5 Å². The molecule has 8 nitrogen and oxygen atoms in total. The molecule has 1 heterocycles. The zero-order chi connectivity index (χ0) is 23.5. The van der Waals surface area contributed by atoms with E-state index in [0.717, 1.165) is 11.0 Å². The average Bonchev–Trinajstić information content (AvgIpc) is 2.93. The summed E-state index contributed by atoms with van der Waals surface area (Å²) in [6, 6.07) is 6.35. The second kappa shape index (κ2) is 9.33. The van der Waals surface area contributed by atoms with Crippen molar-refractivity contribution in [3.05, 3.63) is 59.3 Å². The van der Waals surface area contributed by atoms with Crippen LogP contribution in [0.1, 0.15) is 54.3 Å². The van der Waals surface area contributed by atoms with Gasteiger partial charge in [-0.25, -0.2) is 14.2 Å². The number of fused-ring (bicyclic) bond motifs is 1. The predicted molar refractivity (Wildman–Crippen MR) is 116 cm³/mol. The highest BCUT2D eigenvalue weighted by Crippen LogP contribution is 2.29. The Morgan fingerprint density at radius 3 is 2.34 bits per heavy atom. The molecule has 1 saturated carbocycles. The van der Waals surface area contributed by atoms with Gasteiger partial charge in [-0.1, -0.05) is 12.1 Å². The topological polar surface area (TPSA) is 97.3 Å². The minimum absolute atomic E-state index is 0.0242. The Labute approximate surface area is 185 Å². The maximum atomic E-state index is 13.1. The molecule has 32 heavy (non-hydrogen) atoms. The zero-order valence-electron chi connectivity index (χ0n) is 18.3. The minimum atomic E-state index is -0.593. The molecule has 0 unspecified atom stereocenters. The van der Waals surface area contributed by atoms with Gasteiger partial charge in [0.25, 0.3) is 11.8 Å². The quantitative estimate of drug-likeness (QED) is 0.300. The van der Waals surface area contributed by atoms with E-state index in [2.05, 4.69) is 17.0 Å². The molecule has 1 aromatic carbocycles. The van der Waals surface area contributed by atoms with Gasteiger partial charge in [0.15, 0.2) is 0 Å². The molecule has 0 saturated heterocycles. The Balaban J connectivity index is 1.65. The van der Waals surface area contributed by atoms with Crippen LogP contribution in [0.25, 0.3) is 0 Å².